The fourth-order valence-electron chi connectivity index (χ4n) is 1.99. The molecule has 1 fully saturated rings. The maximum absolute atomic E-state index is 9.33. The second kappa shape index (κ2) is 4.11. The van der Waals surface area contributed by atoms with Gasteiger partial charge in [-0.3, -0.25) is 4.90 Å². The van der Waals surface area contributed by atoms with Crippen molar-refractivity contribution in [1.29, 1.82) is 0 Å². The van der Waals surface area contributed by atoms with Gasteiger partial charge in [-0.05, 0) is 25.3 Å². The van der Waals surface area contributed by atoms with Crippen molar-refractivity contribution in [3.05, 3.63) is 12.3 Å². The Hall–Kier alpha value is -0.540. The smallest absolute Gasteiger partial charge is 0.111 e. The number of ether oxygens (including phenoxy) is 1. The third kappa shape index (κ3) is 2.45. The maximum atomic E-state index is 9.33. The van der Waals surface area contributed by atoms with E-state index in [-0.39, 0.29) is 6.10 Å². The topological polar surface area (TPSA) is 32.7 Å². The Kier molecular flexibility index (Phi) is 2.86. The van der Waals surface area contributed by atoms with E-state index in [1.165, 1.54) is 0 Å². The van der Waals surface area contributed by atoms with Crippen LogP contribution in [-0.2, 0) is 4.74 Å². The van der Waals surface area contributed by atoms with Crippen LogP contribution >= 0.6 is 0 Å². The predicted octanol–water partition coefficient (Wildman–Crippen LogP) is 0.746. The zero-order valence-corrected chi connectivity index (χ0v) is 7.85. The molecule has 2 aliphatic heterocycles. The van der Waals surface area contributed by atoms with Crippen molar-refractivity contribution in [2.75, 3.05) is 19.6 Å². The van der Waals surface area contributed by atoms with Crippen molar-refractivity contribution < 1.29 is 9.84 Å². The summed E-state index contributed by atoms with van der Waals surface area (Å²) in [5, 5.41) is 9.33. The van der Waals surface area contributed by atoms with Gasteiger partial charge in [-0.25, -0.2) is 0 Å². The molecule has 2 rings (SSSR count). The van der Waals surface area contributed by atoms with E-state index in [1.54, 1.807) is 6.26 Å². The van der Waals surface area contributed by atoms with Gasteiger partial charge >= 0.3 is 0 Å². The SMILES string of the molecule is O[C@@H]1CCN(CC2CCC=CO2)C1. The molecule has 1 saturated heterocycles. The molecule has 0 spiro atoms. The van der Waals surface area contributed by atoms with Crippen LogP contribution in [0.4, 0.5) is 0 Å². The first-order valence-corrected chi connectivity index (χ1v) is 5.05. The average molecular weight is 183 g/mol. The zero-order valence-electron chi connectivity index (χ0n) is 7.85. The highest BCUT2D eigenvalue weighted by Crippen LogP contribution is 2.15. The summed E-state index contributed by atoms with van der Waals surface area (Å²) in [7, 11) is 0. The fraction of sp³-hybridized carbons (Fsp3) is 0.800. The lowest BCUT2D eigenvalue weighted by Gasteiger charge is -2.24. The molecule has 2 heterocycles. The van der Waals surface area contributed by atoms with Crippen molar-refractivity contribution in [2.45, 2.75) is 31.5 Å². The van der Waals surface area contributed by atoms with Crippen LogP contribution in [-0.4, -0.2) is 41.8 Å². The standard InChI is InChI=1S/C10H17NO2/c12-9-4-5-11(7-9)8-10-3-1-2-6-13-10/h2,6,9-10,12H,1,3-5,7-8H2/t9-,10?/m1/s1. The molecular weight excluding hydrogens is 166 g/mol. The molecule has 3 nitrogen and oxygen atoms in total. The highest BCUT2D eigenvalue weighted by atomic mass is 16.5. The number of β-amino-alcohol motifs (C(OH)–C–C–N with tert-alkyl or cyclic N) is 1. The summed E-state index contributed by atoms with van der Waals surface area (Å²) in [6, 6.07) is 0. The van der Waals surface area contributed by atoms with Gasteiger partial charge in [0.2, 0.25) is 0 Å². The van der Waals surface area contributed by atoms with Crippen LogP contribution in [0.15, 0.2) is 12.3 Å². The van der Waals surface area contributed by atoms with Crippen molar-refractivity contribution in [3.63, 3.8) is 0 Å². The lowest BCUT2D eigenvalue weighted by atomic mass is 10.1. The average Bonchev–Trinajstić information content (AvgIpc) is 2.53. The summed E-state index contributed by atoms with van der Waals surface area (Å²) in [5.41, 5.74) is 0. The van der Waals surface area contributed by atoms with Crippen LogP contribution in [0.25, 0.3) is 0 Å². The summed E-state index contributed by atoms with van der Waals surface area (Å²) >= 11 is 0. The van der Waals surface area contributed by atoms with Gasteiger partial charge in [-0.15, -0.1) is 0 Å². The van der Waals surface area contributed by atoms with E-state index < -0.39 is 0 Å². The quantitative estimate of drug-likeness (QED) is 0.685. The molecule has 13 heavy (non-hydrogen) atoms. The molecule has 0 saturated carbocycles. The van der Waals surface area contributed by atoms with Crippen molar-refractivity contribution in [2.24, 2.45) is 0 Å². The Balaban J connectivity index is 1.74. The molecule has 0 aromatic carbocycles. The van der Waals surface area contributed by atoms with E-state index in [1.807, 2.05) is 0 Å². The second-order valence-corrected chi connectivity index (χ2v) is 3.91. The van der Waals surface area contributed by atoms with Gasteiger partial charge in [-0.1, -0.05) is 0 Å². The lowest BCUT2D eigenvalue weighted by molar-refractivity contribution is 0.0813. The summed E-state index contributed by atoms with van der Waals surface area (Å²) in [6.07, 6.45) is 7.26. The normalized spacial score (nSPS) is 34.8. The maximum Gasteiger partial charge on any atom is 0.111 e. The number of nitrogens with zero attached hydrogens (tertiary/aromatic N) is 1. The molecule has 0 radical (unpaired) electrons. The first-order chi connectivity index (χ1) is 6.34. The van der Waals surface area contributed by atoms with E-state index in [9.17, 15) is 5.11 Å². The highest BCUT2D eigenvalue weighted by Gasteiger charge is 2.23. The second-order valence-electron chi connectivity index (χ2n) is 3.91. The van der Waals surface area contributed by atoms with Crippen LogP contribution in [0.3, 0.4) is 0 Å². The molecule has 3 heteroatoms. The largest absolute Gasteiger partial charge is 0.497 e. The molecule has 0 aromatic rings. The minimum atomic E-state index is -0.112. The van der Waals surface area contributed by atoms with Crippen molar-refractivity contribution in [3.8, 4) is 0 Å². The van der Waals surface area contributed by atoms with Crippen molar-refractivity contribution >= 4 is 0 Å². The summed E-state index contributed by atoms with van der Waals surface area (Å²) in [4.78, 5) is 2.29. The van der Waals surface area contributed by atoms with Gasteiger partial charge < -0.3 is 9.84 Å². The molecule has 0 amide bonds. The molecule has 2 atom stereocenters. The van der Waals surface area contributed by atoms with Gasteiger partial charge in [0.15, 0.2) is 0 Å². The van der Waals surface area contributed by atoms with Crippen LogP contribution < -0.4 is 0 Å². The number of hydrogen-bond donors (Lipinski definition) is 1. The van der Waals surface area contributed by atoms with Gasteiger partial charge in [-0.2, -0.15) is 0 Å². The van der Waals surface area contributed by atoms with Crippen LogP contribution in [0.5, 0.6) is 0 Å². The molecule has 1 N–H and O–H groups in total. The van der Waals surface area contributed by atoms with E-state index in [0.717, 1.165) is 38.9 Å². The molecule has 0 bridgehead atoms. The number of likely N-dealkylation sites (tertiary alicyclic amines) is 1. The Morgan fingerprint density at radius 1 is 1.46 bits per heavy atom. The van der Waals surface area contributed by atoms with Gasteiger partial charge in [0.25, 0.3) is 0 Å². The predicted molar refractivity (Wildman–Crippen MR) is 50.3 cm³/mol. The lowest BCUT2D eigenvalue weighted by Crippen LogP contribution is -2.32. The Morgan fingerprint density at radius 2 is 2.38 bits per heavy atom. The highest BCUT2D eigenvalue weighted by molar-refractivity contribution is 4.85. The molecule has 2 aliphatic rings. The minimum Gasteiger partial charge on any atom is -0.497 e. The monoisotopic (exact) mass is 183 g/mol. The third-order valence-corrected chi connectivity index (χ3v) is 2.73. The van der Waals surface area contributed by atoms with Crippen molar-refractivity contribution in [1.82, 2.24) is 4.90 Å². The number of allylic oxidation sites excluding steroid dienone is 1. The van der Waals surface area contributed by atoms with Gasteiger partial charge in [0.05, 0.1) is 12.4 Å². The summed E-state index contributed by atoms with van der Waals surface area (Å²) < 4.78 is 5.47. The molecule has 0 aromatic heterocycles. The number of hydrogen-bond acceptors (Lipinski definition) is 3. The van der Waals surface area contributed by atoms with Crippen LogP contribution in [0, 0.1) is 0 Å². The Bertz CT molecular complexity index is 193. The first kappa shape index (κ1) is 9.03. The van der Waals surface area contributed by atoms with Gasteiger partial charge in [0.1, 0.15) is 6.10 Å². The first-order valence-electron chi connectivity index (χ1n) is 5.05. The van der Waals surface area contributed by atoms with Crippen LogP contribution in [0.2, 0.25) is 0 Å². The van der Waals surface area contributed by atoms with Gasteiger partial charge in [0, 0.05) is 19.6 Å². The van der Waals surface area contributed by atoms with Crippen LogP contribution in [0.1, 0.15) is 19.3 Å². The molecule has 74 valence electrons. The molecule has 0 aliphatic carbocycles. The molecule has 1 unspecified atom stereocenters. The summed E-state index contributed by atoms with van der Waals surface area (Å²) in [5.74, 6) is 0. The minimum absolute atomic E-state index is 0.112. The number of rotatable bonds is 2. The van der Waals surface area contributed by atoms with E-state index in [0.29, 0.717) is 6.10 Å². The Morgan fingerprint density at radius 3 is 3.00 bits per heavy atom. The summed E-state index contributed by atoms with van der Waals surface area (Å²) in [6.45, 7) is 2.82. The van der Waals surface area contributed by atoms with E-state index >= 15 is 0 Å². The fourth-order valence-corrected chi connectivity index (χ4v) is 1.99. The number of aliphatic hydroxyl groups is 1. The molecular formula is C10H17NO2. The van der Waals surface area contributed by atoms with E-state index in [4.69, 9.17) is 4.74 Å². The zero-order chi connectivity index (χ0) is 9.10. The Labute approximate surface area is 79.0 Å². The van der Waals surface area contributed by atoms with E-state index in [2.05, 4.69) is 11.0 Å². The third-order valence-electron chi connectivity index (χ3n) is 2.73. The number of aliphatic hydroxyl groups excluding tert-OH is 1.